The van der Waals surface area contributed by atoms with Gasteiger partial charge in [0.05, 0.1) is 25.9 Å². The van der Waals surface area contributed by atoms with Crippen LogP contribution in [0.1, 0.15) is 4.88 Å². The highest BCUT2D eigenvalue weighted by molar-refractivity contribution is 14.1. The van der Waals surface area contributed by atoms with E-state index in [1.807, 2.05) is 28.3 Å². The summed E-state index contributed by atoms with van der Waals surface area (Å²) < 4.78 is 8.23. The highest BCUT2D eigenvalue weighted by Crippen LogP contribution is 2.10. The van der Waals surface area contributed by atoms with Gasteiger partial charge in [-0.15, -0.1) is 11.3 Å². The average molecular weight is 364 g/mol. The minimum absolute atomic E-state index is 0.339. The van der Waals surface area contributed by atoms with Crippen LogP contribution in [-0.2, 0) is 17.9 Å². The number of nitrogens with zero attached hydrogens (tertiary/aromatic N) is 2. The molecule has 2 aromatic heterocycles. The summed E-state index contributed by atoms with van der Waals surface area (Å²) in [6, 6.07) is 4.02. The van der Waals surface area contributed by atoms with E-state index < -0.39 is 6.10 Å². The van der Waals surface area contributed by atoms with Crippen molar-refractivity contribution in [2.45, 2.75) is 19.3 Å². The van der Waals surface area contributed by atoms with Crippen molar-refractivity contribution in [3.63, 3.8) is 0 Å². The Morgan fingerprint density at radius 3 is 3.12 bits per heavy atom. The first-order valence-corrected chi connectivity index (χ1v) is 7.16. The minimum atomic E-state index is -0.502. The van der Waals surface area contributed by atoms with Crippen LogP contribution in [0.25, 0.3) is 0 Å². The van der Waals surface area contributed by atoms with Gasteiger partial charge < -0.3 is 14.4 Å². The van der Waals surface area contributed by atoms with Gasteiger partial charge >= 0.3 is 0 Å². The molecule has 1 atom stereocenters. The first-order chi connectivity index (χ1) is 8.25. The fraction of sp³-hybridized carbons (Fsp3) is 0.364. The number of hydrogen-bond acceptors (Lipinski definition) is 4. The number of thiophene rings is 1. The van der Waals surface area contributed by atoms with Crippen molar-refractivity contribution in [2.75, 3.05) is 6.61 Å². The number of hydrogen-bond donors (Lipinski definition) is 1. The Balaban J connectivity index is 1.71. The van der Waals surface area contributed by atoms with Crippen molar-refractivity contribution < 1.29 is 9.84 Å². The minimum Gasteiger partial charge on any atom is -0.389 e. The number of aromatic nitrogens is 2. The summed E-state index contributed by atoms with van der Waals surface area (Å²) in [5.41, 5.74) is 0. The van der Waals surface area contributed by atoms with Crippen molar-refractivity contribution in [1.82, 2.24) is 9.55 Å². The van der Waals surface area contributed by atoms with Crippen LogP contribution in [-0.4, -0.2) is 27.4 Å². The molecule has 2 aromatic rings. The Bertz CT molecular complexity index is 444. The molecule has 4 nitrogen and oxygen atoms in total. The smallest absolute Gasteiger partial charge is 0.171 e. The lowest BCUT2D eigenvalue weighted by Crippen LogP contribution is -2.22. The maximum Gasteiger partial charge on any atom is 0.171 e. The van der Waals surface area contributed by atoms with E-state index in [1.165, 1.54) is 4.88 Å². The first-order valence-electron chi connectivity index (χ1n) is 5.20. The zero-order valence-electron chi connectivity index (χ0n) is 9.12. The molecule has 92 valence electrons. The molecule has 0 amide bonds. The molecule has 0 fully saturated rings. The predicted octanol–water partition coefficient (Wildman–Crippen LogP) is 2.13. The lowest BCUT2D eigenvalue weighted by Gasteiger charge is -2.12. The summed E-state index contributed by atoms with van der Waals surface area (Å²) in [5, 5.41) is 11.8. The Morgan fingerprint density at radius 1 is 1.59 bits per heavy atom. The maximum absolute atomic E-state index is 9.80. The molecule has 0 aliphatic heterocycles. The zero-order valence-corrected chi connectivity index (χ0v) is 12.1. The zero-order chi connectivity index (χ0) is 12.1. The molecule has 0 unspecified atom stereocenters. The number of halogens is 1. The first kappa shape index (κ1) is 13.0. The lowest BCUT2D eigenvalue weighted by atomic mass is 10.4. The number of aliphatic hydroxyl groups is 1. The second-order valence-electron chi connectivity index (χ2n) is 3.60. The largest absolute Gasteiger partial charge is 0.389 e. The Hall–Kier alpha value is -0.440. The van der Waals surface area contributed by atoms with Gasteiger partial charge in [0.2, 0.25) is 0 Å². The fourth-order valence-corrected chi connectivity index (χ4v) is 2.58. The van der Waals surface area contributed by atoms with Crippen molar-refractivity contribution >= 4 is 33.9 Å². The number of ether oxygens (including phenoxy) is 1. The second-order valence-corrected chi connectivity index (χ2v) is 5.59. The highest BCUT2D eigenvalue weighted by Gasteiger charge is 2.07. The van der Waals surface area contributed by atoms with Crippen molar-refractivity contribution in [2.24, 2.45) is 0 Å². The van der Waals surface area contributed by atoms with Crippen LogP contribution in [0.3, 0.4) is 0 Å². The van der Waals surface area contributed by atoms with E-state index in [0.717, 1.165) is 3.83 Å². The normalized spacial score (nSPS) is 12.8. The maximum atomic E-state index is 9.80. The quantitative estimate of drug-likeness (QED) is 0.799. The van der Waals surface area contributed by atoms with Gasteiger partial charge in [0.25, 0.3) is 0 Å². The molecule has 0 saturated carbocycles. The molecule has 2 rings (SSSR count). The van der Waals surface area contributed by atoms with Crippen LogP contribution in [0.5, 0.6) is 0 Å². The third kappa shape index (κ3) is 4.06. The van der Waals surface area contributed by atoms with E-state index in [9.17, 15) is 5.11 Å². The molecule has 17 heavy (non-hydrogen) atoms. The average Bonchev–Trinajstić information content (AvgIpc) is 2.92. The summed E-state index contributed by atoms with van der Waals surface area (Å²) in [4.78, 5) is 5.27. The number of imidazole rings is 1. The number of rotatable bonds is 6. The molecular formula is C11H13IN2O2S. The molecule has 0 aromatic carbocycles. The van der Waals surface area contributed by atoms with E-state index in [1.54, 1.807) is 17.5 Å². The molecule has 0 bridgehead atoms. The standard InChI is InChI=1S/C11H13IN2O2S/c12-11-13-3-4-14(11)6-9(15)7-16-8-10-2-1-5-17-10/h1-5,9,15H,6-8H2/t9-/m1/s1. The monoisotopic (exact) mass is 364 g/mol. The summed E-state index contributed by atoms with van der Waals surface area (Å²) >= 11 is 3.80. The van der Waals surface area contributed by atoms with Gasteiger partial charge in [-0.05, 0) is 34.0 Å². The number of aliphatic hydroxyl groups excluding tert-OH is 1. The van der Waals surface area contributed by atoms with Crippen LogP contribution < -0.4 is 0 Å². The van der Waals surface area contributed by atoms with E-state index in [4.69, 9.17) is 4.74 Å². The van der Waals surface area contributed by atoms with Gasteiger partial charge in [0.1, 0.15) is 0 Å². The van der Waals surface area contributed by atoms with Crippen LogP contribution in [0.4, 0.5) is 0 Å². The van der Waals surface area contributed by atoms with Crippen molar-refractivity contribution in [3.05, 3.63) is 38.6 Å². The van der Waals surface area contributed by atoms with Crippen LogP contribution >= 0.6 is 33.9 Å². The lowest BCUT2D eigenvalue weighted by molar-refractivity contribution is 0.0209. The summed E-state index contributed by atoms with van der Waals surface area (Å²) in [5.74, 6) is 0. The molecule has 0 spiro atoms. The van der Waals surface area contributed by atoms with E-state index >= 15 is 0 Å². The van der Waals surface area contributed by atoms with E-state index in [2.05, 4.69) is 27.6 Å². The van der Waals surface area contributed by atoms with Crippen LogP contribution in [0, 0.1) is 3.83 Å². The molecule has 0 radical (unpaired) electrons. The van der Waals surface area contributed by atoms with Gasteiger partial charge in [-0.1, -0.05) is 6.07 Å². The third-order valence-corrected chi connectivity index (χ3v) is 3.95. The fourth-order valence-electron chi connectivity index (χ4n) is 1.42. The summed E-state index contributed by atoms with van der Waals surface area (Å²) in [6.45, 7) is 1.42. The second kappa shape index (κ2) is 6.48. The third-order valence-electron chi connectivity index (χ3n) is 2.21. The summed E-state index contributed by atoms with van der Waals surface area (Å²) in [6.07, 6.45) is 3.07. The van der Waals surface area contributed by atoms with Gasteiger partial charge in [0.15, 0.2) is 3.83 Å². The van der Waals surface area contributed by atoms with Crippen molar-refractivity contribution in [1.29, 1.82) is 0 Å². The SMILES string of the molecule is O[C@@H](COCc1cccs1)Cn1ccnc1I. The predicted molar refractivity (Wildman–Crippen MR) is 74.9 cm³/mol. The topological polar surface area (TPSA) is 47.3 Å². The Labute approximate surface area is 117 Å². The van der Waals surface area contributed by atoms with Gasteiger partial charge in [-0.3, -0.25) is 0 Å². The molecule has 0 aliphatic carbocycles. The Morgan fingerprint density at radius 2 is 2.47 bits per heavy atom. The molecular weight excluding hydrogens is 351 g/mol. The van der Waals surface area contributed by atoms with Crippen LogP contribution in [0.15, 0.2) is 29.9 Å². The molecule has 0 saturated heterocycles. The van der Waals surface area contributed by atoms with Gasteiger partial charge in [0, 0.05) is 17.3 Å². The van der Waals surface area contributed by atoms with Gasteiger partial charge in [-0.2, -0.15) is 0 Å². The van der Waals surface area contributed by atoms with Crippen molar-refractivity contribution in [3.8, 4) is 0 Å². The molecule has 0 aliphatic rings. The highest BCUT2D eigenvalue weighted by atomic mass is 127. The van der Waals surface area contributed by atoms with E-state index in [-0.39, 0.29) is 0 Å². The molecule has 6 heteroatoms. The summed E-state index contributed by atoms with van der Waals surface area (Å²) in [7, 11) is 0. The Kier molecular flexibility index (Phi) is 4.96. The molecule has 1 N–H and O–H groups in total. The van der Waals surface area contributed by atoms with Gasteiger partial charge in [-0.25, -0.2) is 4.98 Å². The van der Waals surface area contributed by atoms with E-state index in [0.29, 0.717) is 19.8 Å². The molecule has 2 heterocycles. The van der Waals surface area contributed by atoms with Crippen LogP contribution in [0.2, 0.25) is 0 Å².